The van der Waals surface area contributed by atoms with Gasteiger partial charge in [0.1, 0.15) is 5.75 Å². The Morgan fingerprint density at radius 3 is 2.83 bits per heavy atom. The minimum atomic E-state index is 0.475. The molecule has 0 radical (unpaired) electrons. The van der Waals surface area contributed by atoms with Gasteiger partial charge in [0, 0.05) is 11.4 Å². The van der Waals surface area contributed by atoms with Crippen LogP contribution in [0.4, 0.5) is 5.69 Å². The second-order valence-electron chi connectivity index (χ2n) is 4.42. The van der Waals surface area contributed by atoms with Gasteiger partial charge in [-0.3, -0.25) is 0 Å². The van der Waals surface area contributed by atoms with Crippen LogP contribution >= 0.6 is 15.9 Å². The van der Waals surface area contributed by atoms with E-state index in [0.29, 0.717) is 34.9 Å². The second kappa shape index (κ2) is 8.63. The van der Waals surface area contributed by atoms with E-state index < -0.39 is 0 Å². The van der Waals surface area contributed by atoms with Gasteiger partial charge in [-0.1, -0.05) is 34.1 Å². The number of rotatable bonds is 6. The van der Waals surface area contributed by atoms with Crippen LogP contribution < -0.4 is 9.47 Å². The van der Waals surface area contributed by atoms with Crippen molar-refractivity contribution in [1.29, 1.82) is 5.26 Å². The van der Waals surface area contributed by atoms with E-state index in [-0.39, 0.29) is 0 Å². The number of hydrogen-bond donors (Lipinski definition) is 0. The third kappa shape index (κ3) is 4.88. The Balaban J connectivity index is 2.27. The van der Waals surface area contributed by atoms with E-state index in [2.05, 4.69) is 20.8 Å². The molecule has 114 valence electrons. The molecule has 0 aliphatic heterocycles. The van der Waals surface area contributed by atoms with Crippen molar-refractivity contribution in [2.24, 2.45) is 0 Å². The van der Waals surface area contributed by atoms with Gasteiger partial charge in [0.25, 0.3) is 0 Å². The number of nitrogens with zero attached hydrogens (tertiary/aromatic N) is 2. The maximum atomic E-state index is 8.59. The SMILES string of the molecule is [C-]#[N+]c1ccc(Oc2cccc(/C=C/C#N)c2)c(OCCBr)c1. The number of alkyl halides is 1. The van der Waals surface area contributed by atoms with Crippen LogP contribution in [0.3, 0.4) is 0 Å². The zero-order valence-corrected chi connectivity index (χ0v) is 13.8. The lowest BCUT2D eigenvalue weighted by Crippen LogP contribution is -1.99. The summed E-state index contributed by atoms with van der Waals surface area (Å²) in [6.45, 7) is 7.56. The van der Waals surface area contributed by atoms with Crippen molar-refractivity contribution < 1.29 is 9.47 Å². The van der Waals surface area contributed by atoms with E-state index in [1.54, 1.807) is 24.3 Å². The summed E-state index contributed by atoms with van der Waals surface area (Å²) in [5.41, 5.74) is 1.36. The number of benzene rings is 2. The molecule has 0 N–H and O–H groups in total. The Labute approximate surface area is 143 Å². The Morgan fingerprint density at radius 1 is 1.22 bits per heavy atom. The molecular formula is C18H13BrN2O2. The summed E-state index contributed by atoms with van der Waals surface area (Å²) in [6.07, 6.45) is 3.12. The second-order valence-corrected chi connectivity index (χ2v) is 5.21. The van der Waals surface area contributed by atoms with Crippen LogP contribution in [-0.2, 0) is 0 Å². The molecule has 2 rings (SSSR count). The van der Waals surface area contributed by atoms with Crippen molar-refractivity contribution in [2.45, 2.75) is 0 Å². The van der Waals surface area contributed by atoms with Crippen LogP contribution in [0.2, 0.25) is 0 Å². The van der Waals surface area contributed by atoms with E-state index in [1.807, 2.05) is 30.3 Å². The Bertz CT molecular complexity index is 788. The topological polar surface area (TPSA) is 46.6 Å². The standard InChI is InChI=1S/C18H13BrN2O2/c1-21-15-7-8-17(18(13-15)22-11-9-19)23-16-6-2-4-14(12-16)5-3-10-20/h2-8,12-13H,9,11H2/b5-3+. The Hall–Kier alpha value is -2.76. The zero-order chi connectivity index (χ0) is 16.5. The summed E-state index contributed by atoms with van der Waals surface area (Å²) >= 11 is 3.31. The molecular weight excluding hydrogens is 356 g/mol. The normalized spacial score (nSPS) is 10.0. The first-order valence-corrected chi connectivity index (χ1v) is 7.93. The average molecular weight is 369 g/mol. The first-order valence-electron chi connectivity index (χ1n) is 6.81. The largest absolute Gasteiger partial charge is 0.490 e. The molecule has 23 heavy (non-hydrogen) atoms. The van der Waals surface area contributed by atoms with Crippen LogP contribution in [0.1, 0.15) is 5.56 Å². The first-order chi connectivity index (χ1) is 11.3. The fourth-order valence-corrected chi connectivity index (χ4v) is 2.02. The number of halogens is 1. The van der Waals surface area contributed by atoms with Crippen LogP contribution in [0.25, 0.3) is 10.9 Å². The van der Waals surface area contributed by atoms with Crippen LogP contribution in [0.15, 0.2) is 48.5 Å². The van der Waals surface area contributed by atoms with Crippen molar-refractivity contribution >= 4 is 27.7 Å². The maximum Gasteiger partial charge on any atom is 0.191 e. The van der Waals surface area contributed by atoms with Gasteiger partial charge in [0.05, 0.1) is 19.2 Å². The monoisotopic (exact) mass is 368 g/mol. The smallest absolute Gasteiger partial charge is 0.191 e. The van der Waals surface area contributed by atoms with Gasteiger partial charge in [0.2, 0.25) is 0 Å². The minimum absolute atomic E-state index is 0.475. The van der Waals surface area contributed by atoms with Crippen molar-refractivity contribution in [2.75, 3.05) is 11.9 Å². The molecule has 0 bridgehead atoms. The third-order valence-electron chi connectivity index (χ3n) is 2.83. The van der Waals surface area contributed by atoms with Crippen LogP contribution in [-0.4, -0.2) is 11.9 Å². The molecule has 0 fully saturated rings. The molecule has 5 heteroatoms. The predicted octanol–water partition coefficient (Wildman–Crippen LogP) is 5.34. The van der Waals surface area contributed by atoms with E-state index >= 15 is 0 Å². The summed E-state index contributed by atoms with van der Waals surface area (Å²) in [4.78, 5) is 3.40. The molecule has 4 nitrogen and oxygen atoms in total. The lowest BCUT2D eigenvalue weighted by atomic mass is 10.2. The highest BCUT2D eigenvalue weighted by atomic mass is 79.9. The average Bonchev–Trinajstić information content (AvgIpc) is 2.59. The highest BCUT2D eigenvalue weighted by Gasteiger charge is 2.08. The molecule has 0 aromatic heterocycles. The Kier molecular flexibility index (Phi) is 6.23. The molecule has 0 aliphatic carbocycles. The molecule has 0 saturated carbocycles. The first kappa shape index (κ1) is 16.6. The quantitative estimate of drug-likeness (QED) is 0.392. The molecule has 0 heterocycles. The van der Waals surface area contributed by atoms with Crippen molar-refractivity contribution in [3.05, 3.63) is 65.5 Å². The fourth-order valence-electron chi connectivity index (χ4n) is 1.85. The molecule has 0 saturated heterocycles. The van der Waals surface area contributed by atoms with Gasteiger partial charge < -0.3 is 9.47 Å². The van der Waals surface area contributed by atoms with Gasteiger partial charge in [-0.2, -0.15) is 5.26 Å². The number of allylic oxidation sites excluding steroid dienone is 1. The summed E-state index contributed by atoms with van der Waals surface area (Å²) in [5.74, 6) is 1.69. The fraction of sp³-hybridized carbons (Fsp3) is 0.111. The van der Waals surface area contributed by atoms with Crippen molar-refractivity contribution in [1.82, 2.24) is 0 Å². The lowest BCUT2D eigenvalue weighted by molar-refractivity contribution is 0.325. The van der Waals surface area contributed by atoms with Crippen molar-refractivity contribution in [3.63, 3.8) is 0 Å². The van der Waals surface area contributed by atoms with Crippen LogP contribution in [0.5, 0.6) is 17.2 Å². The van der Waals surface area contributed by atoms with E-state index in [0.717, 1.165) is 5.56 Å². The number of ether oxygens (including phenoxy) is 2. The summed E-state index contributed by atoms with van der Waals surface area (Å²) in [6, 6.07) is 14.4. The predicted molar refractivity (Wildman–Crippen MR) is 93.2 cm³/mol. The molecule has 0 aliphatic rings. The van der Waals surface area contributed by atoms with E-state index in [9.17, 15) is 0 Å². The van der Waals surface area contributed by atoms with E-state index in [4.69, 9.17) is 21.3 Å². The molecule has 0 unspecified atom stereocenters. The third-order valence-corrected chi connectivity index (χ3v) is 3.15. The highest BCUT2D eigenvalue weighted by Crippen LogP contribution is 2.35. The lowest BCUT2D eigenvalue weighted by Gasteiger charge is -2.12. The number of hydrogen-bond acceptors (Lipinski definition) is 3. The molecule has 0 atom stereocenters. The van der Waals surface area contributed by atoms with Crippen molar-refractivity contribution in [3.8, 4) is 23.3 Å². The summed E-state index contributed by atoms with van der Waals surface area (Å²) in [7, 11) is 0. The Morgan fingerprint density at radius 2 is 2.09 bits per heavy atom. The molecule has 0 amide bonds. The van der Waals surface area contributed by atoms with Gasteiger partial charge in [-0.25, -0.2) is 4.85 Å². The van der Waals surface area contributed by atoms with E-state index in [1.165, 1.54) is 6.08 Å². The highest BCUT2D eigenvalue weighted by molar-refractivity contribution is 9.09. The van der Waals surface area contributed by atoms with Gasteiger partial charge >= 0.3 is 0 Å². The van der Waals surface area contributed by atoms with Gasteiger partial charge in [-0.15, -0.1) is 0 Å². The number of nitriles is 1. The molecule has 2 aromatic rings. The maximum absolute atomic E-state index is 8.59. The molecule has 0 spiro atoms. The minimum Gasteiger partial charge on any atom is -0.490 e. The summed E-state index contributed by atoms with van der Waals surface area (Å²) in [5, 5.41) is 9.27. The summed E-state index contributed by atoms with van der Waals surface area (Å²) < 4.78 is 11.5. The van der Waals surface area contributed by atoms with Gasteiger partial charge in [-0.05, 0) is 35.9 Å². The van der Waals surface area contributed by atoms with Gasteiger partial charge in [0.15, 0.2) is 17.2 Å². The zero-order valence-electron chi connectivity index (χ0n) is 12.2. The molecule has 2 aromatic carbocycles. The van der Waals surface area contributed by atoms with Crippen LogP contribution in [0, 0.1) is 17.9 Å².